The maximum absolute atomic E-state index is 13.6. The van der Waals surface area contributed by atoms with E-state index in [4.69, 9.17) is 9.47 Å². The number of allylic oxidation sites excluding steroid dienone is 2. The summed E-state index contributed by atoms with van der Waals surface area (Å²) in [7, 11) is 2.82. The van der Waals surface area contributed by atoms with E-state index < -0.39 is 29.4 Å². The molecule has 0 bridgehead atoms. The Balaban J connectivity index is 2.03. The van der Waals surface area contributed by atoms with Crippen LogP contribution in [0.3, 0.4) is 0 Å². The van der Waals surface area contributed by atoms with Gasteiger partial charge in [-0.3, -0.25) is 14.4 Å². The zero-order chi connectivity index (χ0) is 28.5. The normalized spacial score (nSPS) is 12.7. The SMILES string of the molecule is COc1cc(C=CC(=O)C(C(=O)C=Cc2ccc(O)c(OC)c2)C(NC(C)=O)c2cccc(Br)c2)ccc1O. The van der Waals surface area contributed by atoms with Gasteiger partial charge in [0.25, 0.3) is 0 Å². The molecule has 0 spiro atoms. The van der Waals surface area contributed by atoms with Gasteiger partial charge in [0, 0.05) is 11.4 Å². The predicted octanol–water partition coefficient (Wildman–Crippen LogP) is 5.24. The number of ketones is 2. The Hall–Kier alpha value is -4.37. The molecule has 0 radical (unpaired) electrons. The highest BCUT2D eigenvalue weighted by Crippen LogP contribution is 2.30. The lowest BCUT2D eigenvalue weighted by molar-refractivity contribution is -0.129. The van der Waals surface area contributed by atoms with Crippen molar-refractivity contribution in [2.75, 3.05) is 14.2 Å². The summed E-state index contributed by atoms with van der Waals surface area (Å²) in [6, 6.07) is 15.2. The second-order valence-electron chi connectivity index (χ2n) is 8.54. The summed E-state index contributed by atoms with van der Waals surface area (Å²) in [5, 5.41) is 22.4. The third-order valence-corrected chi connectivity index (χ3v) is 6.29. The number of hydrogen-bond acceptors (Lipinski definition) is 7. The van der Waals surface area contributed by atoms with E-state index in [0.717, 1.165) is 0 Å². The Morgan fingerprint density at radius 3 is 1.77 bits per heavy atom. The van der Waals surface area contributed by atoms with Crippen molar-refractivity contribution in [3.63, 3.8) is 0 Å². The van der Waals surface area contributed by atoms with Gasteiger partial charge in [-0.25, -0.2) is 0 Å². The van der Waals surface area contributed by atoms with Gasteiger partial charge < -0.3 is 25.0 Å². The number of phenolic OH excluding ortho intramolecular Hbond substituents is 2. The average Bonchev–Trinajstić information content (AvgIpc) is 2.91. The molecule has 0 aliphatic heterocycles. The number of rotatable bonds is 11. The molecule has 0 aliphatic carbocycles. The summed E-state index contributed by atoms with van der Waals surface area (Å²) in [6.07, 6.45) is 5.53. The van der Waals surface area contributed by atoms with Crippen molar-refractivity contribution in [1.29, 1.82) is 0 Å². The molecule has 0 aliphatic rings. The maximum atomic E-state index is 13.6. The van der Waals surface area contributed by atoms with Crippen molar-refractivity contribution < 1.29 is 34.1 Å². The van der Waals surface area contributed by atoms with E-state index in [1.807, 2.05) is 0 Å². The molecule has 39 heavy (non-hydrogen) atoms. The van der Waals surface area contributed by atoms with Crippen LogP contribution < -0.4 is 14.8 Å². The van der Waals surface area contributed by atoms with Gasteiger partial charge in [0.1, 0.15) is 5.92 Å². The quantitative estimate of drug-likeness (QED) is 0.205. The first-order valence-corrected chi connectivity index (χ1v) is 12.6. The lowest BCUT2D eigenvalue weighted by Gasteiger charge is -2.25. The maximum Gasteiger partial charge on any atom is 0.217 e. The fraction of sp³-hybridized carbons (Fsp3) is 0.167. The van der Waals surface area contributed by atoms with Gasteiger partial charge in [0.2, 0.25) is 5.91 Å². The fourth-order valence-electron chi connectivity index (χ4n) is 3.91. The molecule has 0 fully saturated rings. The number of carbonyl (C=O) groups excluding carboxylic acids is 3. The molecule has 0 saturated carbocycles. The topological polar surface area (TPSA) is 122 Å². The molecule has 0 saturated heterocycles. The molecular formula is C30H28BrNO7. The largest absolute Gasteiger partial charge is 0.504 e. The van der Waals surface area contributed by atoms with Crippen LogP contribution in [0.1, 0.15) is 29.7 Å². The van der Waals surface area contributed by atoms with E-state index in [-0.39, 0.29) is 23.0 Å². The summed E-state index contributed by atoms with van der Waals surface area (Å²) < 4.78 is 11.0. The van der Waals surface area contributed by atoms with Gasteiger partial charge in [-0.05, 0) is 65.2 Å². The highest BCUT2D eigenvalue weighted by molar-refractivity contribution is 9.10. The Labute approximate surface area is 234 Å². The Morgan fingerprint density at radius 2 is 1.33 bits per heavy atom. The van der Waals surface area contributed by atoms with Crippen molar-refractivity contribution in [2.45, 2.75) is 13.0 Å². The molecule has 3 N–H and O–H groups in total. The minimum atomic E-state index is -1.30. The summed E-state index contributed by atoms with van der Waals surface area (Å²) in [5.41, 5.74) is 1.69. The number of methoxy groups -OCH3 is 2. The van der Waals surface area contributed by atoms with Crippen LogP contribution in [0.15, 0.2) is 77.3 Å². The number of hydrogen-bond donors (Lipinski definition) is 3. The minimum absolute atomic E-state index is 0.0506. The van der Waals surface area contributed by atoms with Crippen LogP contribution in [-0.2, 0) is 14.4 Å². The summed E-state index contributed by atoms with van der Waals surface area (Å²) in [5.74, 6) is -2.43. The molecule has 0 aromatic heterocycles. The zero-order valence-electron chi connectivity index (χ0n) is 21.6. The minimum Gasteiger partial charge on any atom is -0.504 e. The van der Waals surface area contributed by atoms with Gasteiger partial charge >= 0.3 is 0 Å². The Kier molecular flexibility index (Phi) is 10.1. The molecule has 1 atom stereocenters. The monoisotopic (exact) mass is 593 g/mol. The van der Waals surface area contributed by atoms with Crippen LogP contribution in [0.25, 0.3) is 12.2 Å². The Bertz CT molecular complexity index is 1360. The molecule has 0 heterocycles. The number of carbonyl (C=O) groups is 3. The van der Waals surface area contributed by atoms with Crippen LogP contribution >= 0.6 is 15.9 Å². The van der Waals surface area contributed by atoms with Crippen LogP contribution in [0.4, 0.5) is 0 Å². The highest BCUT2D eigenvalue weighted by atomic mass is 79.9. The van der Waals surface area contributed by atoms with Gasteiger partial charge in [-0.1, -0.05) is 52.3 Å². The molecule has 1 unspecified atom stereocenters. The lowest BCUT2D eigenvalue weighted by Crippen LogP contribution is -2.39. The van der Waals surface area contributed by atoms with Crippen LogP contribution in [0.5, 0.6) is 23.0 Å². The summed E-state index contributed by atoms with van der Waals surface area (Å²) in [4.78, 5) is 39.3. The molecule has 3 aromatic carbocycles. The number of halogens is 1. The van der Waals surface area contributed by atoms with Gasteiger partial charge in [0.15, 0.2) is 34.6 Å². The van der Waals surface area contributed by atoms with Crippen LogP contribution in [0, 0.1) is 5.92 Å². The van der Waals surface area contributed by atoms with Crippen molar-refractivity contribution in [1.82, 2.24) is 5.32 Å². The van der Waals surface area contributed by atoms with E-state index in [1.165, 1.54) is 57.6 Å². The first-order valence-electron chi connectivity index (χ1n) is 11.8. The first kappa shape index (κ1) is 29.2. The summed E-state index contributed by atoms with van der Waals surface area (Å²) >= 11 is 3.41. The second kappa shape index (κ2) is 13.4. The first-order chi connectivity index (χ1) is 18.6. The molecule has 3 rings (SSSR count). The highest BCUT2D eigenvalue weighted by Gasteiger charge is 2.34. The number of ether oxygens (including phenoxy) is 2. The van der Waals surface area contributed by atoms with Crippen LogP contribution in [-0.4, -0.2) is 41.9 Å². The van der Waals surface area contributed by atoms with Gasteiger partial charge in [-0.15, -0.1) is 0 Å². The standard InChI is InChI=1S/C30H28BrNO7/c1-18(33)32-30(21-5-4-6-22(31)17-21)29(25(36)13-9-19-7-11-23(34)27(15-19)38-2)26(37)14-10-20-8-12-24(35)28(16-20)39-3/h4-17,29-30,34-35H,1-3H3,(H,32,33). The fourth-order valence-corrected chi connectivity index (χ4v) is 4.32. The van der Waals surface area contributed by atoms with E-state index in [0.29, 0.717) is 21.2 Å². The third-order valence-electron chi connectivity index (χ3n) is 5.80. The Morgan fingerprint density at radius 1 is 0.821 bits per heavy atom. The lowest BCUT2D eigenvalue weighted by atomic mass is 9.85. The number of phenols is 2. The molecule has 202 valence electrons. The predicted molar refractivity (Wildman–Crippen MR) is 152 cm³/mol. The van der Waals surface area contributed by atoms with E-state index >= 15 is 0 Å². The van der Waals surface area contributed by atoms with E-state index in [9.17, 15) is 24.6 Å². The number of aromatic hydroxyl groups is 2. The van der Waals surface area contributed by atoms with Crippen molar-refractivity contribution in [2.24, 2.45) is 5.92 Å². The average molecular weight is 594 g/mol. The van der Waals surface area contributed by atoms with Crippen molar-refractivity contribution >= 4 is 45.6 Å². The number of amides is 1. The molecule has 9 heteroatoms. The summed E-state index contributed by atoms with van der Waals surface area (Å²) in [6.45, 7) is 1.31. The molecule has 3 aromatic rings. The zero-order valence-corrected chi connectivity index (χ0v) is 23.1. The van der Waals surface area contributed by atoms with E-state index in [2.05, 4.69) is 21.2 Å². The van der Waals surface area contributed by atoms with Crippen molar-refractivity contribution in [3.05, 3.63) is 94.0 Å². The van der Waals surface area contributed by atoms with Crippen molar-refractivity contribution in [3.8, 4) is 23.0 Å². The molecular weight excluding hydrogens is 566 g/mol. The molecule has 8 nitrogen and oxygen atoms in total. The second-order valence-corrected chi connectivity index (χ2v) is 9.46. The number of benzene rings is 3. The molecule has 1 amide bonds. The third kappa shape index (κ3) is 7.81. The van der Waals surface area contributed by atoms with Gasteiger partial charge in [-0.2, -0.15) is 0 Å². The number of nitrogens with one attached hydrogen (secondary N) is 1. The van der Waals surface area contributed by atoms with Crippen LogP contribution in [0.2, 0.25) is 0 Å². The van der Waals surface area contributed by atoms with Gasteiger partial charge in [0.05, 0.1) is 20.3 Å². The van der Waals surface area contributed by atoms with E-state index in [1.54, 1.807) is 48.5 Å². The smallest absolute Gasteiger partial charge is 0.217 e.